The molecule has 15 heteroatoms. The fraction of sp³-hybridized carbons (Fsp3) is 0.567. The van der Waals surface area contributed by atoms with E-state index < -0.39 is 59.9 Å². The fourth-order valence-electron chi connectivity index (χ4n) is 4.35. The first-order chi connectivity index (χ1) is 21.2. The maximum absolute atomic E-state index is 12.4. The SMILES string of the molecule is CC(C)(C)C(=O)OCc1cc(CCCOCCNC(=O)CCN2C(=O)C=CC2=O)ccc1O[C@@H]1O[C@H](C(=O)O)[C@@H](O)[C@H](O)[C@H]1O. The van der Waals surface area contributed by atoms with Crippen LogP contribution in [-0.4, -0.2) is 112 Å². The van der Waals surface area contributed by atoms with Gasteiger partial charge in [0.15, 0.2) is 6.10 Å². The van der Waals surface area contributed by atoms with Crippen LogP contribution in [0.1, 0.15) is 44.7 Å². The molecule has 248 valence electrons. The average Bonchev–Trinajstić information content (AvgIpc) is 3.30. The van der Waals surface area contributed by atoms with Crippen molar-refractivity contribution in [2.75, 3.05) is 26.3 Å². The zero-order valence-corrected chi connectivity index (χ0v) is 25.3. The van der Waals surface area contributed by atoms with Crippen LogP contribution in [0.4, 0.5) is 0 Å². The summed E-state index contributed by atoms with van der Waals surface area (Å²) in [6.07, 6.45) is -5.51. The van der Waals surface area contributed by atoms with Crippen molar-refractivity contribution in [2.24, 2.45) is 5.41 Å². The van der Waals surface area contributed by atoms with Crippen molar-refractivity contribution in [1.29, 1.82) is 0 Å². The van der Waals surface area contributed by atoms with Gasteiger partial charge in [-0.25, -0.2) is 4.79 Å². The van der Waals surface area contributed by atoms with E-state index in [1.807, 2.05) is 0 Å². The number of aliphatic carboxylic acids is 1. The number of carbonyl (C=O) groups is 5. The third-order valence-corrected chi connectivity index (χ3v) is 6.94. The number of ether oxygens (including phenoxy) is 4. The maximum Gasteiger partial charge on any atom is 0.335 e. The number of rotatable bonds is 15. The molecule has 0 aliphatic carbocycles. The van der Waals surface area contributed by atoms with E-state index in [4.69, 9.17) is 18.9 Å². The number of benzene rings is 1. The summed E-state index contributed by atoms with van der Waals surface area (Å²) in [5.74, 6) is -3.12. The number of nitrogens with one attached hydrogen (secondary N) is 1. The highest BCUT2D eigenvalue weighted by Gasteiger charge is 2.48. The Bertz CT molecular complexity index is 1260. The van der Waals surface area contributed by atoms with E-state index in [9.17, 15) is 44.4 Å². The van der Waals surface area contributed by atoms with Crippen molar-refractivity contribution in [2.45, 2.75) is 77.3 Å². The van der Waals surface area contributed by atoms with E-state index in [1.165, 1.54) is 6.07 Å². The minimum absolute atomic E-state index is 0.000768. The van der Waals surface area contributed by atoms with E-state index >= 15 is 0 Å². The molecule has 0 radical (unpaired) electrons. The molecule has 15 nitrogen and oxygen atoms in total. The van der Waals surface area contributed by atoms with Gasteiger partial charge in [0.05, 0.1) is 12.0 Å². The van der Waals surface area contributed by atoms with Crippen LogP contribution < -0.4 is 10.1 Å². The van der Waals surface area contributed by atoms with Crippen LogP contribution in [0.5, 0.6) is 5.75 Å². The lowest BCUT2D eigenvalue weighted by Crippen LogP contribution is -2.61. The maximum atomic E-state index is 12.4. The molecular formula is C30H40N2O13. The highest BCUT2D eigenvalue weighted by Crippen LogP contribution is 2.29. The molecule has 1 aromatic rings. The molecule has 0 bridgehead atoms. The summed E-state index contributed by atoms with van der Waals surface area (Å²) in [4.78, 5) is 59.9. The Morgan fingerprint density at radius 3 is 2.33 bits per heavy atom. The number of imide groups is 1. The number of esters is 1. The number of nitrogens with zero attached hydrogens (tertiary/aromatic N) is 1. The van der Waals surface area contributed by atoms with Crippen molar-refractivity contribution in [1.82, 2.24) is 10.2 Å². The molecule has 45 heavy (non-hydrogen) atoms. The van der Waals surface area contributed by atoms with Crippen LogP contribution >= 0.6 is 0 Å². The zero-order valence-electron chi connectivity index (χ0n) is 25.3. The fourth-order valence-corrected chi connectivity index (χ4v) is 4.35. The lowest BCUT2D eigenvalue weighted by atomic mass is 9.97. The molecular weight excluding hydrogens is 596 g/mol. The molecule has 2 heterocycles. The predicted molar refractivity (Wildman–Crippen MR) is 153 cm³/mol. The summed E-state index contributed by atoms with van der Waals surface area (Å²) in [6.45, 7) is 5.73. The standard InChI is InChI=1S/C30H40N2O13/c1-30(2,3)29(41)43-16-18-15-17(6-7-19(18)44-28-25(38)23(36)24(37)26(45-28)27(39)40)5-4-13-42-14-11-31-20(33)10-12-32-21(34)8-9-22(32)35/h6-9,15,23-26,28,36-38H,4-5,10-14,16H2,1-3H3,(H,31,33)(H,39,40)/t23-,24-,25+,26-,28+/m0/s1. The Morgan fingerprint density at radius 1 is 1.00 bits per heavy atom. The number of aryl methyl sites for hydroxylation is 1. The second kappa shape index (κ2) is 15.9. The van der Waals surface area contributed by atoms with E-state index in [0.29, 0.717) is 25.0 Å². The van der Waals surface area contributed by atoms with Gasteiger partial charge >= 0.3 is 11.9 Å². The van der Waals surface area contributed by atoms with Gasteiger partial charge in [-0.15, -0.1) is 0 Å². The first kappa shape index (κ1) is 35.6. The lowest BCUT2D eigenvalue weighted by molar-refractivity contribution is -0.271. The van der Waals surface area contributed by atoms with Gasteiger partial charge in [-0.2, -0.15) is 0 Å². The van der Waals surface area contributed by atoms with Crippen LogP contribution in [0, 0.1) is 5.41 Å². The molecule has 1 aromatic carbocycles. The van der Waals surface area contributed by atoms with Crippen molar-refractivity contribution in [3.05, 3.63) is 41.5 Å². The molecule has 0 aromatic heterocycles. The molecule has 0 saturated carbocycles. The third-order valence-electron chi connectivity index (χ3n) is 6.94. The topological polar surface area (TPSA) is 218 Å². The Labute approximate surface area is 259 Å². The van der Waals surface area contributed by atoms with Crippen LogP contribution in [0.15, 0.2) is 30.4 Å². The Morgan fingerprint density at radius 2 is 1.69 bits per heavy atom. The number of hydrogen-bond acceptors (Lipinski definition) is 12. The lowest BCUT2D eigenvalue weighted by Gasteiger charge is -2.38. The highest BCUT2D eigenvalue weighted by atomic mass is 16.7. The largest absolute Gasteiger partial charge is 0.479 e. The van der Waals surface area contributed by atoms with E-state index in [-0.39, 0.29) is 44.4 Å². The molecule has 5 N–H and O–H groups in total. The summed E-state index contributed by atoms with van der Waals surface area (Å²) in [6, 6.07) is 4.96. The summed E-state index contributed by atoms with van der Waals surface area (Å²) >= 11 is 0. The van der Waals surface area contributed by atoms with E-state index in [0.717, 1.165) is 22.6 Å². The predicted octanol–water partition coefficient (Wildman–Crippen LogP) is -0.573. The Hall–Kier alpha value is -3.89. The van der Waals surface area contributed by atoms with Crippen LogP contribution in [-0.2, 0) is 51.2 Å². The first-order valence-electron chi connectivity index (χ1n) is 14.4. The van der Waals surface area contributed by atoms with Gasteiger partial charge in [-0.05, 0) is 51.3 Å². The Balaban J connectivity index is 1.51. The molecule has 0 unspecified atom stereocenters. The number of carbonyl (C=O) groups excluding carboxylic acids is 4. The number of carboxylic acids is 1. The van der Waals surface area contributed by atoms with Crippen LogP contribution in [0.2, 0.25) is 0 Å². The number of aliphatic hydroxyl groups excluding tert-OH is 3. The number of hydrogen-bond donors (Lipinski definition) is 5. The molecule has 0 spiro atoms. The van der Waals surface area contributed by atoms with Crippen molar-refractivity contribution >= 4 is 29.7 Å². The molecule has 3 amide bonds. The molecule has 2 aliphatic rings. The number of carboxylic acid groups (broad SMARTS) is 1. The Kier molecular flexibility index (Phi) is 12.6. The van der Waals surface area contributed by atoms with Crippen molar-refractivity contribution in [3.8, 4) is 5.75 Å². The van der Waals surface area contributed by atoms with Gasteiger partial charge in [0.2, 0.25) is 12.2 Å². The monoisotopic (exact) mass is 636 g/mol. The van der Waals surface area contributed by atoms with Gasteiger partial charge in [-0.3, -0.25) is 24.1 Å². The second-order valence-electron chi connectivity index (χ2n) is 11.6. The van der Waals surface area contributed by atoms with Crippen molar-refractivity contribution in [3.63, 3.8) is 0 Å². The highest BCUT2D eigenvalue weighted by molar-refractivity contribution is 6.13. The number of aliphatic hydroxyl groups is 3. The molecule has 3 rings (SSSR count). The third kappa shape index (κ3) is 10.1. The van der Waals surface area contributed by atoms with Gasteiger partial charge < -0.3 is 44.7 Å². The van der Waals surface area contributed by atoms with Gasteiger partial charge in [-0.1, -0.05) is 6.07 Å². The normalized spacial score (nSPS) is 23.2. The molecule has 1 fully saturated rings. The smallest absolute Gasteiger partial charge is 0.335 e. The quantitative estimate of drug-likeness (QED) is 0.0926. The second-order valence-corrected chi connectivity index (χ2v) is 11.6. The molecule has 5 atom stereocenters. The summed E-state index contributed by atoms with van der Waals surface area (Å²) in [5.41, 5.74) is 0.437. The average molecular weight is 637 g/mol. The first-order valence-corrected chi connectivity index (χ1v) is 14.4. The van der Waals surface area contributed by atoms with Gasteiger partial charge in [0.25, 0.3) is 11.8 Å². The zero-order chi connectivity index (χ0) is 33.3. The molecule has 2 aliphatic heterocycles. The summed E-state index contributed by atoms with van der Waals surface area (Å²) < 4.78 is 22.0. The van der Waals surface area contributed by atoms with Crippen molar-refractivity contribution < 1.29 is 63.3 Å². The van der Waals surface area contributed by atoms with Gasteiger partial charge in [0.1, 0.15) is 30.7 Å². The minimum atomic E-state index is -1.87. The summed E-state index contributed by atoms with van der Waals surface area (Å²) in [7, 11) is 0. The number of amides is 3. The summed E-state index contributed by atoms with van der Waals surface area (Å²) in [5, 5.41) is 42.4. The van der Waals surface area contributed by atoms with Crippen LogP contribution in [0.25, 0.3) is 0 Å². The minimum Gasteiger partial charge on any atom is -0.479 e. The van der Waals surface area contributed by atoms with E-state index in [2.05, 4.69) is 5.32 Å². The molecule has 1 saturated heterocycles. The van der Waals surface area contributed by atoms with Crippen LogP contribution in [0.3, 0.4) is 0 Å². The van der Waals surface area contributed by atoms with E-state index in [1.54, 1.807) is 32.9 Å². The van der Waals surface area contributed by atoms with Gasteiger partial charge in [0, 0.05) is 43.8 Å².